The molecule has 1 saturated heterocycles. The first-order valence-electron chi connectivity index (χ1n) is 7.08. The smallest absolute Gasteiger partial charge is 0.370 e. The van der Waals surface area contributed by atoms with Crippen molar-refractivity contribution in [3.05, 3.63) is 22.9 Å². The van der Waals surface area contributed by atoms with Crippen molar-refractivity contribution in [2.75, 3.05) is 6.61 Å². The van der Waals surface area contributed by atoms with E-state index in [1.165, 1.54) is 11.3 Å². The Morgan fingerprint density at radius 1 is 1.39 bits per heavy atom. The molecule has 23 heavy (non-hydrogen) atoms. The summed E-state index contributed by atoms with van der Waals surface area (Å²) in [5, 5.41) is 3.34. The number of hydrogen-bond donors (Lipinski definition) is 0. The van der Waals surface area contributed by atoms with Gasteiger partial charge in [0.2, 0.25) is 5.82 Å². The maximum Gasteiger partial charge on any atom is 0.471 e. The van der Waals surface area contributed by atoms with Gasteiger partial charge in [0, 0.05) is 17.9 Å². The maximum atomic E-state index is 12.4. The number of aromatic nitrogens is 2. The zero-order valence-corrected chi connectivity index (χ0v) is 12.7. The van der Waals surface area contributed by atoms with Crippen molar-refractivity contribution in [3.8, 4) is 10.7 Å². The summed E-state index contributed by atoms with van der Waals surface area (Å²) in [6.07, 6.45) is -2.42. The van der Waals surface area contributed by atoms with E-state index in [1.807, 2.05) is 0 Å². The lowest BCUT2D eigenvalue weighted by Crippen LogP contribution is -2.19. The largest absolute Gasteiger partial charge is 0.471 e. The monoisotopic (exact) mass is 346 g/mol. The number of thiophene rings is 1. The predicted molar refractivity (Wildman–Crippen MR) is 74.9 cm³/mol. The molecule has 124 valence electrons. The van der Waals surface area contributed by atoms with Crippen molar-refractivity contribution in [1.29, 1.82) is 0 Å². The molecule has 3 heterocycles. The summed E-state index contributed by atoms with van der Waals surface area (Å²) in [5.41, 5.74) is 0. The third-order valence-corrected chi connectivity index (χ3v) is 4.60. The molecular weight excluding hydrogens is 333 g/mol. The first-order valence-corrected chi connectivity index (χ1v) is 7.89. The Morgan fingerprint density at radius 2 is 2.22 bits per heavy atom. The summed E-state index contributed by atoms with van der Waals surface area (Å²) < 4.78 is 46.8. The first kappa shape index (κ1) is 16.1. The molecule has 1 unspecified atom stereocenters. The summed E-state index contributed by atoms with van der Waals surface area (Å²) >= 11 is 1.25. The van der Waals surface area contributed by atoms with Gasteiger partial charge in [-0.1, -0.05) is 5.16 Å². The molecule has 5 nitrogen and oxygen atoms in total. The number of ketones is 1. The van der Waals surface area contributed by atoms with Crippen LogP contribution in [0.25, 0.3) is 10.7 Å². The number of carbonyl (C=O) groups is 1. The molecule has 0 aliphatic carbocycles. The average molecular weight is 346 g/mol. The van der Waals surface area contributed by atoms with Crippen molar-refractivity contribution >= 4 is 17.1 Å². The highest BCUT2D eigenvalue weighted by Gasteiger charge is 2.38. The summed E-state index contributed by atoms with van der Waals surface area (Å²) in [7, 11) is 0. The quantitative estimate of drug-likeness (QED) is 0.829. The van der Waals surface area contributed by atoms with E-state index in [9.17, 15) is 18.0 Å². The average Bonchev–Trinajstić information content (AvgIpc) is 3.22. The van der Waals surface area contributed by atoms with Gasteiger partial charge in [0.05, 0.1) is 4.88 Å². The van der Waals surface area contributed by atoms with Crippen molar-refractivity contribution < 1.29 is 27.2 Å². The summed E-state index contributed by atoms with van der Waals surface area (Å²) in [5.74, 6) is -1.40. The van der Waals surface area contributed by atoms with E-state index in [4.69, 9.17) is 4.74 Å². The lowest BCUT2D eigenvalue weighted by atomic mass is 10.1. The van der Waals surface area contributed by atoms with E-state index in [1.54, 1.807) is 12.1 Å². The van der Waals surface area contributed by atoms with Crippen LogP contribution in [0.1, 0.15) is 30.0 Å². The maximum absolute atomic E-state index is 12.4. The van der Waals surface area contributed by atoms with Crippen molar-refractivity contribution in [2.24, 2.45) is 0 Å². The second-order valence-electron chi connectivity index (χ2n) is 5.15. The first-order chi connectivity index (χ1) is 10.9. The Labute approximate surface area is 133 Å². The van der Waals surface area contributed by atoms with Crippen LogP contribution in [0.4, 0.5) is 13.2 Å². The van der Waals surface area contributed by atoms with Crippen molar-refractivity contribution in [3.63, 3.8) is 0 Å². The molecule has 0 radical (unpaired) electrons. The number of rotatable bonds is 5. The van der Waals surface area contributed by atoms with Gasteiger partial charge in [0.15, 0.2) is 5.78 Å². The van der Waals surface area contributed by atoms with Gasteiger partial charge in [-0.2, -0.15) is 18.2 Å². The van der Waals surface area contributed by atoms with Crippen LogP contribution >= 0.6 is 11.3 Å². The normalized spacial score (nSPS) is 18.5. The zero-order valence-electron chi connectivity index (χ0n) is 11.9. The molecule has 0 spiro atoms. The van der Waals surface area contributed by atoms with Gasteiger partial charge in [0.1, 0.15) is 6.10 Å². The molecule has 1 fully saturated rings. The Hall–Kier alpha value is -1.74. The fraction of sp³-hybridized carbons (Fsp3) is 0.500. The minimum Gasteiger partial charge on any atom is -0.370 e. The van der Waals surface area contributed by atoms with Gasteiger partial charge in [-0.3, -0.25) is 4.79 Å². The molecule has 1 atom stereocenters. The SMILES string of the molecule is O=C(CCc1ccc(-c2noc(C(F)(F)F)n2)s1)C1CCCO1. The molecule has 3 rings (SSSR count). The Kier molecular flexibility index (Phi) is 4.49. The number of halogens is 3. The number of hydrogen-bond acceptors (Lipinski definition) is 6. The minimum atomic E-state index is -4.65. The molecule has 2 aromatic heterocycles. The van der Waals surface area contributed by atoms with Crippen molar-refractivity contribution in [1.82, 2.24) is 10.1 Å². The molecule has 1 aliphatic heterocycles. The number of carbonyl (C=O) groups excluding carboxylic acids is 1. The Morgan fingerprint density at radius 3 is 2.87 bits per heavy atom. The number of nitrogens with zero attached hydrogens (tertiary/aromatic N) is 2. The lowest BCUT2D eigenvalue weighted by Gasteiger charge is -2.06. The van der Waals surface area contributed by atoms with Crippen LogP contribution < -0.4 is 0 Å². The van der Waals surface area contributed by atoms with E-state index < -0.39 is 12.1 Å². The molecule has 1 aliphatic rings. The van der Waals surface area contributed by atoms with Gasteiger partial charge in [-0.25, -0.2) is 0 Å². The molecular formula is C14H13F3N2O3S. The molecule has 0 bridgehead atoms. The molecule has 9 heteroatoms. The van der Waals surface area contributed by atoms with E-state index >= 15 is 0 Å². The van der Waals surface area contributed by atoms with Crippen LogP contribution in [0.2, 0.25) is 0 Å². The lowest BCUT2D eigenvalue weighted by molar-refractivity contribution is -0.159. The van der Waals surface area contributed by atoms with Gasteiger partial charge in [-0.05, 0) is 31.4 Å². The van der Waals surface area contributed by atoms with Crippen LogP contribution in [0, 0.1) is 0 Å². The fourth-order valence-electron chi connectivity index (χ4n) is 2.31. The topological polar surface area (TPSA) is 65.2 Å². The number of ether oxygens (including phenoxy) is 1. The van der Waals surface area contributed by atoms with Crippen LogP contribution in [0.3, 0.4) is 0 Å². The second-order valence-corrected chi connectivity index (χ2v) is 6.32. The number of Topliss-reactive ketones (excluding diaryl/α,β-unsaturated/α-hetero) is 1. The molecule has 0 amide bonds. The highest BCUT2D eigenvalue weighted by molar-refractivity contribution is 7.15. The van der Waals surface area contributed by atoms with Crippen LogP contribution in [-0.2, 0) is 22.1 Å². The molecule has 0 N–H and O–H groups in total. The zero-order chi connectivity index (χ0) is 16.4. The highest BCUT2D eigenvalue weighted by atomic mass is 32.1. The van der Waals surface area contributed by atoms with Crippen LogP contribution in [0.15, 0.2) is 16.7 Å². The van der Waals surface area contributed by atoms with Crippen LogP contribution in [0.5, 0.6) is 0 Å². The van der Waals surface area contributed by atoms with Gasteiger partial charge >= 0.3 is 12.1 Å². The Balaban J connectivity index is 1.61. The van der Waals surface area contributed by atoms with Crippen LogP contribution in [-0.4, -0.2) is 28.6 Å². The Bertz CT molecular complexity index is 689. The minimum absolute atomic E-state index is 0.0661. The van der Waals surface area contributed by atoms with E-state index in [-0.39, 0.29) is 17.7 Å². The standard InChI is InChI=1S/C14H13F3N2O3S/c15-14(16,17)13-18-12(19-22-13)11-6-4-8(23-11)3-5-9(20)10-2-1-7-21-10/h4,6,10H,1-3,5,7H2. The van der Waals surface area contributed by atoms with E-state index in [0.717, 1.165) is 17.7 Å². The van der Waals surface area contributed by atoms with Crippen molar-refractivity contribution in [2.45, 2.75) is 38.0 Å². The number of aryl methyl sites for hydroxylation is 1. The second kappa shape index (κ2) is 6.40. The molecule has 2 aromatic rings. The van der Waals surface area contributed by atoms with E-state index in [0.29, 0.717) is 24.3 Å². The third-order valence-electron chi connectivity index (χ3n) is 3.46. The molecule has 0 aromatic carbocycles. The summed E-state index contributed by atoms with van der Waals surface area (Å²) in [4.78, 5) is 16.6. The summed E-state index contributed by atoms with van der Waals surface area (Å²) in [6.45, 7) is 0.624. The summed E-state index contributed by atoms with van der Waals surface area (Å²) in [6, 6.07) is 3.38. The van der Waals surface area contributed by atoms with Gasteiger partial charge in [-0.15, -0.1) is 11.3 Å². The highest BCUT2D eigenvalue weighted by Crippen LogP contribution is 2.32. The van der Waals surface area contributed by atoms with Gasteiger partial charge < -0.3 is 9.26 Å². The fourth-order valence-corrected chi connectivity index (χ4v) is 3.24. The van der Waals surface area contributed by atoms with E-state index in [2.05, 4.69) is 14.7 Å². The number of alkyl halides is 3. The predicted octanol–water partition coefficient (Wildman–Crippen LogP) is 3.50. The molecule has 0 saturated carbocycles. The third kappa shape index (κ3) is 3.78. The van der Waals surface area contributed by atoms with Gasteiger partial charge in [0.25, 0.3) is 0 Å².